The minimum atomic E-state index is -3.88. The molecule has 6 nitrogen and oxygen atoms in total. The summed E-state index contributed by atoms with van der Waals surface area (Å²) in [5.74, 6) is -0.576. The van der Waals surface area contributed by atoms with Gasteiger partial charge >= 0.3 is 0 Å². The summed E-state index contributed by atoms with van der Waals surface area (Å²) in [7, 11) is -3.88. The van der Waals surface area contributed by atoms with Crippen molar-refractivity contribution < 1.29 is 13.2 Å². The van der Waals surface area contributed by atoms with Crippen LogP contribution in [0.5, 0.6) is 0 Å². The molecule has 0 heterocycles. The van der Waals surface area contributed by atoms with Crippen molar-refractivity contribution in [3.05, 3.63) is 66.2 Å². The Labute approximate surface area is 147 Å². The zero-order valence-electron chi connectivity index (χ0n) is 13.8. The topological polar surface area (TPSA) is 90.3 Å². The van der Waals surface area contributed by atoms with Crippen molar-refractivity contribution >= 4 is 15.9 Å². The molecular formula is C18H19N3O3S. The van der Waals surface area contributed by atoms with E-state index in [0.717, 1.165) is 10.5 Å². The molecule has 1 amide bonds. The van der Waals surface area contributed by atoms with Gasteiger partial charge in [0.2, 0.25) is 10.0 Å². The maximum atomic E-state index is 12.6. The van der Waals surface area contributed by atoms with E-state index in [2.05, 4.69) is 4.72 Å². The van der Waals surface area contributed by atoms with Crippen LogP contribution in [0.3, 0.4) is 0 Å². The van der Waals surface area contributed by atoms with Gasteiger partial charge in [0.05, 0.1) is 4.90 Å². The van der Waals surface area contributed by atoms with Gasteiger partial charge in [0.1, 0.15) is 6.04 Å². The van der Waals surface area contributed by atoms with Crippen molar-refractivity contribution in [1.82, 2.24) is 9.62 Å². The maximum Gasteiger partial charge on any atom is 0.254 e. The summed E-state index contributed by atoms with van der Waals surface area (Å²) in [6.07, 6.45) is 1.95. The Morgan fingerprint density at radius 2 is 1.68 bits per heavy atom. The molecule has 0 aliphatic heterocycles. The number of benzene rings is 2. The molecular weight excluding hydrogens is 338 g/mol. The first-order valence-corrected chi connectivity index (χ1v) is 9.28. The second kappa shape index (κ2) is 8.42. The largest absolute Gasteiger partial charge is 0.272 e. The fraction of sp³-hybridized carbons (Fsp3) is 0.222. The van der Waals surface area contributed by atoms with Gasteiger partial charge in [0.25, 0.3) is 5.91 Å². The van der Waals surface area contributed by atoms with Crippen LogP contribution >= 0.6 is 0 Å². The van der Waals surface area contributed by atoms with Crippen LogP contribution in [0.1, 0.15) is 12.5 Å². The van der Waals surface area contributed by atoms with E-state index in [1.807, 2.05) is 18.2 Å². The number of carbonyl (C=O) groups is 1. The monoisotopic (exact) mass is 357 g/mol. The van der Waals surface area contributed by atoms with Gasteiger partial charge in [-0.1, -0.05) is 48.5 Å². The molecule has 25 heavy (non-hydrogen) atoms. The van der Waals surface area contributed by atoms with Crippen molar-refractivity contribution in [3.63, 3.8) is 0 Å². The number of hydrogen-bond donors (Lipinski definition) is 1. The molecule has 1 atom stereocenters. The molecule has 0 spiro atoms. The van der Waals surface area contributed by atoms with Crippen LogP contribution in [0, 0.1) is 11.5 Å². The highest BCUT2D eigenvalue weighted by atomic mass is 32.2. The normalized spacial score (nSPS) is 12.2. The van der Waals surface area contributed by atoms with Crippen LogP contribution in [0.2, 0.25) is 0 Å². The van der Waals surface area contributed by atoms with Gasteiger partial charge in [-0.25, -0.2) is 13.3 Å². The minimum Gasteiger partial charge on any atom is -0.272 e. The highest BCUT2D eigenvalue weighted by Crippen LogP contribution is 2.12. The number of amides is 1. The molecule has 2 aromatic carbocycles. The van der Waals surface area contributed by atoms with Crippen molar-refractivity contribution in [2.45, 2.75) is 24.3 Å². The predicted octanol–water partition coefficient (Wildman–Crippen LogP) is 1.91. The Balaban J connectivity index is 2.31. The Kier molecular flexibility index (Phi) is 6.28. The van der Waals surface area contributed by atoms with E-state index in [1.54, 1.807) is 43.4 Å². The molecule has 2 aromatic rings. The highest BCUT2D eigenvalue weighted by molar-refractivity contribution is 7.89. The lowest BCUT2D eigenvalue weighted by Gasteiger charge is -2.21. The van der Waals surface area contributed by atoms with E-state index in [4.69, 9.17) is 5.26 Å². The van der Waals surface area contributed by atoms with E-state index >= 15 is 0 Å². The third-order valence-corrected chi connectivity index (χ3v) is 5.12. The van der Waals surface area contributed by atoms with Gasteiger partial charge in [0.15, 0.2) is 6.19 Å². The quantitative estimate of drug-likeness (QED) is 0.605. The smallest absolute Gasteiger partial charge is 0.254 e. The van der Waals surface area contributed by atoms with Crippen molar-refractivity contribution in [2.24, 2.45) is 0 Å². The van der Waals surface area contributed by atoms with E-state index < -0.39 is 22.0 Å². The number of rotatable bonds is 7. The number of nitrogens with zero attached hydrogens (tertiary/aromatic N) is 2. The Bertz CT molecular complexity index is 846. The summed E-state index contributed by atoms with van der Waals surface area (Å²) in [5.41, 5.74) is 0.797. The fourth-order valence-electron chi connectivity index (χ4n) is 2.35. The lowest BCUT2D eigenvalue weighted by molar-refractivity contribution is -0.129. The van der Waals surface area contributed by atoms with E-state index in [0.29, 0.717) is 0 Å². The zero-order valence-corrected chi connectivity index (χ0v) is 14.6. The summed E-state index contributed by atoms with van der Waals surface area (Å²) >= 11 is 0. The van der Waals surface area contributed by atoms with Gasteiger partial charge in [-0.05, 0) is 31.0 Å². The average Bonchev–Trinajstić information content (AvgIpc) is 2.63. The lowest BCUT2D eigenvalue weighted by Crippen LogP contribution is -2.48. The number of sulfonamides is 1. The molecule has 0 fully saturated rings. The van der Waals surface area contributed by atoms with Crippen LogP contribution in [0.4, 0.5) is 0 Å². The number of likely N-dealkylation sites (N-methyl/N-ethyl adjacent to an activating group) is 1. The van der Waals surface area contributed by atoms with E-state index in [-0.39, 0.29) is 17.9 Å². The predicted molar refractivity (Wildman–Crippen MR) is 93.7 cm³/mol. The third kappa shape index (κ3) is 4.89. The molecule has 0 aliphatic rings. The van der Waals surface area contributed by atoms with Crippen LogP contribution < -0.4 is 4.72 Å². The molecule has 0 radical (unpaired) electrons. The first kappa shape index (κ1) is 18.6. The first-order valence-electron chi connectivity index (χ1n) is 7.80. The molecule has 1 N–H and O–H groups in total. The average molecular weight is 357 g/mol. The molecule has 0 aromatic heterocycles. The fourth-order valence-corrected chi connectivity index (χ4v) is 3.56. The lowest BCUT2D eigenvalue weighted by atomic mass is 10.1. The molecule has 2 rings (SSSR count). The van der Waals surface area contributed by atoms with Gasteiger partial charge in [-0.2, -0.15) is 9.98 Å². The molecule has 7 heteroatoms. The number of nitriles is 1. The van der Waals surface area contributed by atoms with Gasteiger partial charge < -0.3 is 0 Å². The highest BCUT2D eigenvalue weighted by Gasteiger charge is 2.29. The van der Waals surface area contributed by atoms with Crippen LogP contribution in [0.15, 0.2) is 65.6 Å². The molecule has 0 saturated heterocycles. The number of carbonyl (C=O) groups excluding carboxylic acids is 1. The summed E-state index contributed by atoms with van der Waals surface area (Å²) in [4.78, 5) is 13.6. The number of nitrogens with one attached hydrogen (secondary N) is 1. The van der Waals surface area contributed by atoms with Crippen molar-refractivity contribution in [2.75, 3.05) is 6.54 Å². The van der Waals surface area contributed by atoms with Crippen LogP contribution in [-0.2, 0) is 21.2 Å². The summed E-state index contributed by atoms with van der Waals surface area (Å²) in [6.45, 7) is 1.83. The number of hydrogen-bond acceptors (Lipinski definition) is 4. The summed E-state index contributed by atoms with van der Waals surface area (Å²) in [6, 6.07) is 15.8. The maximum absolute atomic E-state index is 12.6. The second-order valence-electron chi connectivity index (χ2n) is 5.36. The molecule has 0 aliphatic carbocycles. The van der Waals surface area contributed by atoms with Crippen molar-refractivity contribution in [1.29, 1.82) is 5.26 Å². The van der Waals surface area contributed by atoms with Crippen molar-refractivity contribution in [3.8, 4) is 6.19 Å². The minimum absolute atomic E-state index is 0.0702. The Morgan fingerprint density at radius 1 is 1.12 bits per heavy atom. The Hall–Kier alpha value is -2.69. The molecule has 0 bridgehead atoms. The van der Waals surface area contributed by atoms with E-state index in [1.165, 1.54) is 12.1 Å². The van der Waals surface area contributed by atoms with Gasteiger partial charge in [-0.3, -0.25) is 4.79 Å². The second-order valence-corrected chi connectivity index (χ2v) is 7.07. The van der Waals surface area contributed by atoms with Crippen LogP contribution in [-0.4, -0.2) is 31.8 Å². The summed E-state index contributed by atoms with van der Waals surface area (Å²) < 4.78 is 27.6. The third-order valence-electron chi connectivity index (χ3n) is 3.63. The molecule has 1 unspecified atom stereocenters. The Morgan fingerprint density at radius 3 is 2.20 bits per heavy atom. The molecule has 130 valence electrons. The summed E-state index contributed by atoms with van der Waals surface area (Å²) in [5, 5.41) is 9.10. The SMILES string of the molecule is CCN(C#N)C(=O)C(Cc1ccccc1)NS(=O)(=O)c1ccccc1. The first-order chi connectivity index (χ1) is 12.0. The standard InChI is InChI=1S/C18H19N3O3S/c1-2-21(14-19)18(22)17(13-15-9-5-3-6-10-15)20-25(23,24)16-11-7-4-8-12-16/h3-12,17,20H,2,13H2,1H3. The van der Waals surface area contributed by atoms with E-state index in [9.17, 15) is 13.2 Å². The van der Waals surface area contributed by atoms with Crippen LogP contribution in [0.25, 0.3) is 0 Å². The molecule has 0 saturated carbocycles. The van der Waals surface area contributed by atoms with Gasteiger partial charge in [0, 0.05) is 6.54 Å². The van der Waals surface area contributed by atoms with Gasteiger partial charge in [-0.15, -0.1) is 0 Å². The zero-order chi connectivity index (χ0) is 18.3.